The molecule has 2 aromatic carbocycles. The van der Waals surface area contributed by atoms with Crippen molar-refractivity contribution >= 4 is 17.1 Å². The van der Waals surface area contributed by atoms with Crippen LogP contribution in [0.3, 0.4) is 0 Å². The number of hydrogen-bond acceptors (Lipinski definition) is 3. The van der Waals surface area contributed by atoms with Gasteiger partial charge in [-0.3, -0.25) is 0 Å². The molecule has 0 unspecified atom stereocenters. The van der Waals surface area contributed by atoms with Crippen molar-refractivity contribution in [1.29, 1.82) is 0 Å². The fourth-order valence-corrected chi connectivity index (χ4v) is 3.29. The maximum atomic E-state index is 14.0. The average Bonchev–Trinajstić information content (AvgIpc) is 2.62. The van der Waals surface area contributed by atoms with Crippen LogP contribution < -0.4 is 10.5 Å². The topological polar surface area (TPSA) is 35.2 Å². The predicted octanol–water partition coefficient (Wildman–Crippen LogP) is 6.09. The second-order valence-corrected chi connectivity index (χ2v) is 7.51. The molecular formula is C23H27F2NOS. The van der Waals surface area contributed by atoms with Gasteiger partial charge in [-0.15, -0.1) is 0 Å². The smallest absolute Gasteiger partial charge is 0.270 e. The minimum Gasteiger partial charge on any atom is -0.489 e. The molecule has 0 saturated carbocycles. The highest BCUT2D eigenvalue weighted by Gasteiger charge is 2.28. The molecule has 0 aliphatic heterocycles. The number of hydrogen-bond donors (Lipinski definition) is 1. The molecule has 0 fully saturated rings. The Kier molecular flexibility index (Phi) is 7.30. The molecule has 0 amide bonds. The highest BCUT2D eigenvalue weighted by atomic mass is 32.1. The second-order valence-electron chi connectivity index (χ2n) is 7.10. The van der Waals surface area contributed by atoms with Crippen LogP contribution in [-0.2, 0) is 12.3 Å². The first-order valence-corrected chi connectivity index (χ1v) is 9.75. The minimum absolute atomic E-state index is 0.00274. The van der Waals surface area contributed by atoms with Crippen LogP contribution >= 0.6 is 12.2 Å². The number of ether oxygens (including phenoxy) is 1. The highest BCUT2D eigenvalue weighted by Crippen LogP contribution is 2.33. The van der Waals surface area contributed by atoms with Gasteiger partial charge in [0.05, 0.1) is 4.86 Å². The summed E-state index contributed by atoms with van der Waals surface area (Å²) in [6.45, 7) is 6.76. The molecule has 0 aliphatic rings. The zero-order valence-corrected chi connectivity index (χ0v) is 17.6. The van der Waals surface area contributed by atoms with Crippen LogP contribution in [0.1, 0.15) is 49.4 Å². The molecule has 2 nitrogen and oxygen atoms in total. The minimum atomic E-state index is -2.93. The lowest BCUT2D eigenvalue weighted by atomic mass is 9.98. The van der Waals surface area contributed by atoms with E-state index in [0.29, 0.717) is 33.9 Å². The zero-order valence-electron chi connectivity index (χ0n) is 16.8. The van der Waals surface area contributed by atoms with Crippen molar-refractivity contribution in [2.24, 2.45) is 5.73 Å². The number of halogens is 2. The van der Waals surface area contributed by atoms with Crippen LogP contribution in [0.15, 0.2) is 53.7 Å². The van der Waals surface area contributed by atoms with Crippen molar-refractivity contribution in [2.75, 3.05) is 6.61 Å². The third-order valence-electron chi connectivity index (χ3n) is 4.52. The predicted molar refractivity (Wildman–Crippen MR) is 115 cm³/mol. The standard InChI is InChI=1S/C23H27F2NOS/c1-5-6-17-11-12-19(13-21(17)23(4,24)25)27-14-20(16(3)26)22(28)18-9-7-15(2)8-10-18/h7-13H,5-6,14,26H2,1-4H3. The largest absolute Gasteiger partial charge is 0.489 e. The molecule has 0 aromatic heterocycles. The SMILES string of the molecule is CCCc1ccc(OCC(C(=S)c2ccc(C)cc2)=C(C)N)cc1C(C)(F)F. The zero-order chi connectivity index (χ0) is 20.9. The number of rotatable bonds is 8. The van der Waals surface area contributed by atoms with Gasteiger partial charge >= 0.3 is 0 Å². The van der Waals surface area contributed by atoms with E-state index >= 15 is 0 Å². The number of alkyl halides is 2. The lowest BCUT2D eigenvalue weighted by molar-refractivity contribution is 0.0163. The number of thiocarbonyl (C=S) groups is 1. The lowest BCUT2D eigenvalue weighted by Crippen LogP contribution is -2.16. The van der Waals surface area contributed by atoms with Crippen LogP contribution in [0.5, 0.6) is 5.75 Å². The van der Waals surface area contributed by atoms with Gasteiger partial charge in [0.25, 0.3) is 5.92 Å². The molecule has 0 bridgehead atoms. The van der Waals surface area contributed by atoms with E-state index in [9.17, 15) is 8.78 Å². The Morgan fingerprint density at radius 2 is 1.79 bits per heavy atom. The van der Waals surface area contributed by atoms with Crippen LogP contribution in [0.25, 0.3) is 0 Å². The summed E-state index contributed by atoms with van der Waals surface area (Å²) >= 11 is 5.58. The van der Waals surface area contributed by atoms with Crippen molar-refractivity contribution in [1.82, 2.24) is 0 Å². The summed E-state index contributed by atoms with van der Waals surface area (Å²) in [5.41, 5.74) is 9.92. The number of nitrogens with two attached hydrogens (primary N) is 1. The van der Waals surface area contributed by atoms with Crippen molar-refractivity contribution in [3.63, 3.8) is 0 Å². The van der Waals surface area contributed by atoms with Gasteiger partial charge in [0.1, 0.15) is 12.4 Å². The van der Waals surface area contributed by atoms with Crippen molar-refractivity contribution in [2.45, 2.75) is 46.5 Å². The summed E-state index contributed by atoms with van der Waals surface area (Å²) in [5, 5.41) is 0. The quantitative estimate of drug-likeness (QED) is 0.329. The molecule has 2 rings (SSSR count). The normalized spacial score (nSPS) is 12.5. The molecule has 2 N–H and O–H groups in total. The van der Waals surface area contributed by atoms with Crippen LogP contribution in [0, 0.1) is 6.92 Å². The van der Waals surface area contributed by atoms with Gasteiger partial charge in [0.15, 0.2) is 0 Å². The van der Waals surface area contributed by atoms with E-state index in [1.54, 1.807) is 19.1 Å². The maximum absolute atomic E-state index is 14.0. The van der Waals surface area contributed by atoms with Gasteiger partial charge in [-0.25, -0.2) is 8.78 Å². The Balaban J connectivity index is 2.23. The van der Waals surface area contributed by atoms with Crippen LogP contribution in [-0.4, -0.2) is 11.5 Å². The summed E-state index contributed by atoms with van der Waals surface area (Å²) in [6.07, 6.45) is 1.40. The molecular weight excluding hydrogens is 376 g/mol. The molecule has 28 heavy (non-hydrogen) atoms. The fourth-order valence-electron chi connectivity index (χ4n) is 2.93. The molecule has 0 aliphatic carbocycles. The monoisotopic (exact) mass is 403 g/mol. The number of allylic oxidation sites excluding steroid dienone is 1. The average molecular weight is 404 g/mol. The Morgan fingerprint density at radius 1 is 1.14 bits per heavy atom. The van der Waals surface area contributed by atoms with Gasteiger partial charge in [0.2, 0.25) is 0 Å². The number of aryl methyl sites for hydroxylation is 2. The van der Waals surface area contributed by atoms with Gasteiger partial charge in [0, 0.05) is 23.8 Å². The molecule has 0 spiro atoms. The summed E-state index contributed by atoms with van der Waals surface area (Å²) < 4.78 is 33.8. The molecule has 0 radical (unpaired) electrons. The van der Waals surface area contributed by atoms with Crippen molar-refractivity contribution in [3.05, 3.63) is 76.0 Å². The van der Waals surface area contributed by atoms with Gasteiger partial charge in [-0.1, -0.05) is 61.5 Å². The Labute approximate surface area is 171 Å². The summed E-state index contributed by atoms with van der Waals surface area (Å²) in [6, 6.07) is 12.7. The first-order chi connectivity index (χ1) is 13.1. The van der Waals surface area contributed by atoms with E-state index in [2.05, 4.69) is 0 Å². The number of benzene rings is 2. The Bertz CT molecular complexity index is 863. The van der Waals surface area contributed by atoms with Crippen molar-refractivity contribution in [3.8, 4) is 5.75 Å². The Morgan fingerprint density at radius 3 is 2.32 bits per heavy atom. The van der Waals surface area contributed by atoms with E-state index in [4.69, 9.17) is 22.7 Å². The summed E-state index contributed by atoms with van der Waals surface area (Å²) in [4.78, 5) is 0.601. The van der Waals surface area contributed by atoms with E-state index in [1.807, 2.05) is 38.1 Å². The van der Waals surface area contributed by atoms with E-state index in [1.165, 1.54) is 6.07 Å². The molecule has 2 aromatic rings. The molecule has 0 atom stereocenters. The van der Waals surface area contributed by atoms with Gasteiger partial charge < -0.3 is 10.5 Å². The van der Waals surface area contributed by atoms with E-state index in [0.717, 1.165) is 24.5 Å². The first-order valence-electron chi connectivity index (χ1n) is 9.34. The highest BCUT2D eigenvalue weighted by molar-refractivity contribution is 7.81. The maximum Gasteiger partial charge on any atom is 0.270 e. The lowest BCUT2D eigenvalue weighted by Gasteiger charge is -2.18. The van der Waals surface area contributed by atoms with Gasteiger partial charge in [-0.2, -0.15) is 0 Å². The molecule has 150 valence electrons. The Hall–Kier alpha value is -2.27. The molecule has 0 saturated heterocycles. The second kappa shape index (κ2) is 9.28. The van der Waals surface area contributed by atoms with Gasteiger partial charge in [-0.05, 0) is 43.5 Å². The molecule has 5 heteroatoms. The third kappa shape index (κ3) is 5.61. The van der Waals surface area contributed by atoms with Crippen LogP contribution in [0.4, 0.5) is 8.78 Å². The summed E-state index contributed by atoms with van der Waals surface area (Å²) in [5.74, 6) is -2.55. The molecule has 0 heterocycles. The van der Waals surface area contributed by atoms with E-state index in [-0.39, 0.29) is 12.2 Å². The fraction of sp³-hybridized carbons (Fsp3) is 0.348. The van der Waals surface area contributed by atoms with Crippen molar-refractivity contribution < 1.29 is 13.5 Å². The summed E-state index contributed by atoms with van der Waals surface area (Å²) in [7, 11) is 0. The van der Waals surface area contributed by atoms with E-state index < -0.39 is 5.92 Å². The third-order valence-corrected chi connectivity index (χ3v) is 5.00. The first kappa shape index (κ1) is 22.0. The van der Waals surface area contributed by atoms with Crippen LogP contribution in [0.2, 0.25) is 0 Å².